The Morgan fingerprint density at radius 1 is 1.12 bits per heavy atom. The predicted molar refractivity (Wildman–Crippen MR) is 91.5 cm³/mol. The molecule has 25 heavy (non-hydrogen) atoms. The van der Waals surface area contributed by atoms with Crippen LogP contribution in [0.4, 0.5) is 0 Å². The molecular weight excluding hydrogens is 362 g/mol. The number of rotatable bonds is 7. The Balaban J connectivity index is 1.59. The van der Waals surface area contributed by atoms with Crippen LogP contribution in [-0.2, 0) is 33.4 Å². The van der Waals surface area contributed by atoms with Gasteiger partial charge in [-0.25, -0.2) is 8.42 Å². The zero-order chi connectivity index (χ0) is 17.7. The van der Waals surface area contributed by atoms with E-state index in [0.29, 0.717) is 5.56 Å². The van der Waals surface area contributed by atoms with Crippen LogP contribution >= 0.6 is 11.3 Å². The van der Waals surface area contributed by atoms with Crippen LogP contribution in [-0.4, -0.2) is 24.5 Å². The molecule has 2 aromatic heterocycles. The van der Waals surface area contributed by atoms with Crippen molar-refractivity contribution in [3.8, 4) is 0 Å². The number of hydrogen-bond acceptors (Lipinski definition) is 7. The number of thiophene rings is 1. The van der Waals surface area contributed by atoms with Crippen LogP contribution in [0.2, 0.25) is 0 Å². The maximum atomic E-state index is 12.3. The third kappa shape index (κ3) is 4.74. The predicted octanol–water partition coefficient (Wildman–Crippen LogP) is 1.96. The summed E-state index contributed by atoms with van der Waals surface area (Å²) in [7, 11) is -3.72. The Morgan fingerprint density at radius 2 is 1.92 bits per heavy atom. The van der Waals surface area contributed by atoms with Gasteiger partial charge < -0.3 is 9.73 Å². The van der Waals surface area contributed by atoms with Crippen LogP contribution in [0.3, 0.4) is 0 Å². The summed E-state index contributed by atoms with van der Waals surface area (Å²) < 4.78 is 29.7. The molecule has 0 fully saturated rings. The molecule has 2 heterocycles. The van der Waals surface area contributed by atoms with Crippen molar-refractivity contribution in [1.82, 2.24) is 15.5 Å². The number of amides is 1. The maximum absolute atomic E-state index is 12.3. The van der Waals surface area contributed by atoms with E-state index in [1.54, 1.807) is 30.3 Å². The lowest BCUT2D eigenvalue weighted by Gasteiger charge is -2.01. The van der Waals surface area contributed by atoms with Crippen LogP contribution in [0.25, 0.3) is 0 Å². The molecule has 0 saturated heterocycles. The summed E-state index contributed by atoms with van der Waals surface area (Å²) in [5.74, 6) is -0.374. The van der Waals surface area contributed by atoms with Gasteiger partial charge in [0.05, 0.1) is 18.7 Å². The van der Waals surface area contributed by atoms with Crippen LogP contribution in [0, 0.1) is 0 Å². The molecule has 1 aromatic carbocycles. The molecule has 0 radical (unpaired) electrons. The summed E-state index contributed by atoms with van der Waals surface area (Å²) in [6, 6.07) is 12.5. The summed E-state index contributed by atoms with van der Waals surface area (Å²) in [4.78, 5) is 12.8. The molecule has 3 aromatic rings. The van der Waals surface area contributed by atoms with Gasteiger partial charge in [0.2, 0.25) is 21.6 Å². The highest BCUT2D eigenvalue weighted by Gasteiger charge is 2.23. The molecular formula is C16H15N3O4S2. The Bertz CT molecular complexity index is 935. The summed E-state index contributed by atoms with van der Waals surface area (Å²) in [6.07, 6.45) is 0.255. The fraction of sp³-hybridized carbons (Fsp3) is 0.188. The van der Waals surface area contributed by atoms with Crippen molar-refractivity contribution in [2.75, 3.05) is 0 Å². The van der Waals surface area contributed by atoms with E-state index in [4.69, 9.17) is 4.42 Å². The molecule has 0 atom stereocenters. The molecule has 0 aliphatic heterocycles. The molecule has 0 spiro atoms. The highest BCUT2D eigenvalue weighted by atomic mass is 32.2. The average Bonchev–Trinajstić information content (AvgIpc) is 3.25. The number of carbonyl (C=O) groups excluding carboxylic acids is 1. The number of sulfone groups is 1. The fourth-order valence-electron chi connectivity index (χ4n) is 2.10. The Labute approximate surface area is 148 Å². The first-order chi connectivity index (χ1) is 12.0. The largest absolute Gasteiger partial charge is 0.411 e. The van der Waals surface area contributed by atoms with E-state index < -0.39 is 15.1 Å². The standard InChI is InChI=1S/C16H15N3O4S2/c20-14(9-13-7-4-8-24-13)17-10-15-18-19-16(23-15)25(21,22)11-12-5-2-1-3-6-12/h1-8H,9-11H2,(H,17,20). The summed E-state index contributed by atoms with van der Waals surface area (Å²) in [6.45, 7) is -0.0158. The number of carbonyl (C=O) groups is 1. The zero-order valence-electron chi connectivity index (χ0n) is 13.1. The van der Waals surface area contributed by atoms with Crippen molar-refractivity contribution >= 4 is 27.1 Å². The first-order valence-corrected chi connectivity index (χ1v) is 9.94. The third-order valence-electron chi connectivity index (χ3n) is 3.27. The number of nitrogens with one attached hydrogen (secondary N) is 1. The number of benzene rings is 1. The SMILES string of the molecule is O=C(Cc1cccs1)NCc1nnc(S(=O)(=O)Cc2ccccc2)o1. The molecule has 0 bridgehead atoms. The van der Waals surface area contributed by atoms with Gasteiger partial charge in [-0.15, -0.1) is 16.4 Å². The van der Waals surface area contributed by atoms with Crippen LogP contribution in [0.15, 0.2) is 57.5 Å². The summed E-state index contributed by atoms with van der Waals surface area (Å²) in [5, 5.41) is 11.3. The second-order valence-electron chi connectivity index (χ2n) is 5.24. The fourth-order valence-corrected chi connectivity index (χ4v) is 3.95. The molecule has 0 saturated carbocycles. The van der Waals surface area contributed by atoms with Gasteiger partial charge in [-0.1, -0.05) is 41.5 Å². The van der Waals surface area contributed by atoms with Crippen molar-refractivity contribution in [1.29, 1.82) is 0 Å². The van der Waals surface area contributed by atoms with E-state index in [9.17, 15) is 13.2 Å². The molecule has 7 nitrogen and oxygen atoms in total. The van der Waals surface area contributed by atoms with Crippen molar-refractivity contribution in [2.24, 2.45) is 0 Å². The van der Waals surface area contributed by atoms with E-state index in [-0.39, 0.29) is 30.5 Å². The van der Waals surface area contributed by atoms with E-state index in [1.165, 1.54) is 11.3 Å². The van der Waals surface area contributed by atoms with Crippen molar-refractivity contribution < 1.29 is 17.6 Å². The van der Waals surface area contributed by atoms with Gasteiger partial charge in [-0.2, -0.15) is 0 Å². The van der Waals surface area contributed by atoms with Crippen molar-refractivity contribution in [3.63, 3.8) is 0 Å². The molecule has 3 rings (SSSR count). The molecule has 0 aliphatic carbocycles. The monoisotopic (exact) mass is 377 g/mol. The van der Waals surface area contributed by atoms with E-state index >= 15 is 0 Å². The summed E-state index contributed by atoms with van der Waals surface area (Å²) in [5.41, 5.74) is 0.631. The van der Waals surface area contributed by atoms with Crippen LogP contribution in [0.1, 0.15) is 16.3 Å². The average molecular weight is 377 g/mol. The number of nitrogens with zero attached hydrogens (tertiary/aromatic N) is 2. The van der Waals surface area contributed by atoms with E-state index in [0.717, 1.165) is 4.88 Å². The van der Waals surface area contributed by atoms with E-state index in [1.807, 2.05) is 17.5 Å². The number of aromatic nitrogens is 2. The topological polar surface area (TPSA) is 102 Å². The third-order valence-corrected chi connectivity index (χ3v) is 5.55. The van der Waals surface area contributed by atoms with Crippen LogP contribution in [0.5, 0.6) is 0 Å². The highest BCUT2D eigenvalue weighted by Crippen LogP contribution is 2.15. The van der Waals surface area contributed by atoms with Gasteiger partial charge in [-0.3, -0.25) is 4.79 Å². The molecule has 1 N–H and O–H groups in total. The minimum absolute atomic E-state index is 0.0158. The molecule has 9 heteroatoms. The lowest BCUT2D eigenvalue weighted by Crippen LogP contribution is -2.24. The minimum atomic E-state index is -3.72. The smallest absolute Gasteiger partial charge is 0.335 e. The lowest BCUT2D eigenvalue weighted by atomic mass is 10.2. The van der Waals surface area contributed by atoms with Crippen molar-refractivity contribution in [2.45, 2.75) is 23.9 Å². The van der Waals surface area contributed by atoms with Gasteiger partial charge in [0.1, 0.15) is 0 Å². The maximum Gasteiger partial charge on any atom is 0.335 e. The zero-order valence-corrected chi connectivity index (χ0v) is 14.7. The van der Waals surface area contributed by atoms with Gasteiger partial charge in [-0.05, 0) is 17.0 Å². The number of hydrogen-bond donors (Lipinski definition) is 1. The second kappa shape index (κ2) is 7.58. The van der Waals surface area contributed by atoms with Gasteiger partial charge in [0.25, 0.3) is 0 Å². The summed E-state index contributed by atoms with van der Waals surface area (Å²) >= 11 is 1.49. The molecule has 1 amide bonds. The van der Waals surface area contributed by atoms with Crippen LogP contribution < -0.4 is 5.32 Å². The molecule has 0 unspecified atom stereocenters. The normalized spacial score (nSPS) is 11.4. The Hall–Kier alpha value is -2.52. The van der Waals surface area contributed by atoms with Gasteiger partial charge in [0, 0.05) is 4.88 Å². The highest BCUT2D eigenvalue weighted by molar-refractivity contribution is 7.90. The minimum Gasteiger partial charge on any atom is -0.411 e. The Kier molecular flexibility index (Phi) is 5.25. The quantitative estimate of drug-likeness (QED) is 0.675. The second-order valence-corrected chi connectivity index (χ2v) is 8.14. The van der Waals surface area contributed by atoms with Gasteiger partial charge >= 0.3 is 5.22 Å². The molecule has 0 aliphatic rings. The lowest BCUT2D eigenvalue weighted by molar-refractivity contribution is -0.120. The first kappa shape index (κ1) is 17.3. The van der Waals surface area contributed by atoms with E-state index in [2.05, 4.69) is 15.5 Å². The van der Waals surface area contributed by atoms with Gasteiger partial charge in [0.15, 0.2) is 0 Å². The first-order valence-electron chi connectivity index (χ1n) is 7.41. The molecule has 130 valence electrons. The van der Waals surface area contributed by atoms with Crippen molar-refractivity contribution in [3.05, 3.63) is 64.2 Å². The Morgan fingerprint density at radius 3 is 2.64 bits per heavy atom.